The molecule has 150 valence electrons. The molecule has 1 atom stereocenters. The third-order valence-electron chi connectivity index (χ3n) is 3.63. The van der Waals surface area contributed by atoms with E-state index in [9.17, 15) is 14.4 Å². The first-order valence-electron chi connectivity index (χ1n) is 8.52. The summed E-state index contributed by atoms with van der Waals surface area (Å²) < 4.78 is 15.2. The van der Waals surface area contributed by atoms with Gasteiger partial charge in [-0.1, -0.05) is 31.1 Å². The number of aromatic nitrogens is 2. The van der Waals surface area contributed by atoms with E-state index in [1.807, 2.05) is 0 Å². The first-order chi connectivity index (χ1) is 13.3. The van der Waals surface area contributed by atoms with Crippen LogP contribution in [0.1, 0.15) is 37.3 Å². The van der Waals surface area contributed by atoms with Gasteiger partial charge in [0.1, 0.15) is 11.8 Å². The van der Waals surface area contributed by atoms with E-state index in [0.717, 1.165) is 0 Å². The molecule has 0 aliphatic carbocycles. The van der Waals surface area contributed by atoms with Crippen LogP contribution in [0.2, 0.25) is 0 Å². The van der Waals surface area contributed by atoms with Gasteiger partial charge in [0.2, 0.25) is 11.7 Å². The van der Waals surface area contributed by atoms with Crippen molar-refractivity contribution in [2.75, 3.05) is 12.4 Å². The molecule has 0 saturated heterocycles. The molecular weight excluding hydrogens is 368 g/mol. The number of rotatable bonds is 8. The molecular formula is C18H22N4O6. The number of benzene rings is 1. The maximum absolute atomic E-state index is 12.2. The van der Waals surface area contributed by atoms with Gasteiger partial charge >= 0.3 is 17.8 Å². The predicted octanol–water partition coefficient (Wildman–Crippen LogP) is 1.53. The Labute approximate surface area is 161 Å². The van der Waals surface area contributed by atoms with E-state index in [4.69, 9.17) is 9.26 Å². The summed E-state index contributed by atoms with van der Waals surface area (Å²) in [6.07, 6.45) is 0. The minimum Gasteiger partial charge on any atom is -0.483 e. The summed E-state index contributed by atoms with van der Waals surface area (Å²) in [5, 5.41) is 8.83. The van der Waals surface area contributed by atoms with Crippen LogP contribution in [0.3, 0.4) is 0 Å². The number of nitrogens with zero attached hydrogens (tertiary/aromatic N) is 2. The molecule has 0 aliphatic heterocycles. The number of carbonyl (C=O) groups is 3. The van der Waals surface area contributed by atoms with E-state index < -0.39 is 17.9 Å². The molecule has 0 unspecified atom stereocenters. The lowest BCUT2D eigenvalue weighted by Gasteiger charge is -2.18. The summed E-state index contributed by atoms with van der Waals surface area (Å²) in [4.78, 5) is 39.2. The first kappa shape index (κ1) is 20.9. The van der Waals surface area contributed by atoms with Crippen molar-refractivity contribution in [3.05, 3.63) is 36.0 Å². The average Bonchev–Trinajstić information content (AvgIpc) is 3.13. The lowest BCUT2D eigenvalue weighted by atomic mass is 10.0. The van der Waals surface area contributed by atoms with Crippen LogP contribution in [0, 0.1) is 5.92 Å². The van der Waals surface area contributed by atoms with Crippen LogP contribution in [0.5, 0.6) is 5.75 Å². The fourth-order valence-electron chi connectivity index (χ4n) is 2.26. The fraction of sp³-hybridized carbons (Fsp3) is 0.389. The summed E-state index contributed by atoms with van der Waals surface area (Å²) in [6, 6.07) is 6.01. The third-order valence-corrected chi connectivity index (χ3v) is 3.63. The van der Waals surface area contributed by atoms with E-state index in [1.165, 1.54) is 14.0 Å². The van der Waals surface area contributed by atoms with E-state index in [1.54, 1.807) is 38.1 Å². The zero-order valence-corrected chi connectivity index (χ0v) is 16.0. The van der Waals surface area contributed by atoms with Crippen LogP contribution in [0.15, 0.2) is 28.8 Å². The summed E-state index contributed by atoms with van der Waals surface area (Å²) in [7, 11) is 1.24. The Bertz CT molecular complexity index is 848. The predicted molar refractivity (Wildman–Crippen MR) is 97.5 cm³/mol. The van der Waals surface area contributed by atoms with Crippen molar-refractivity contribution < 1.29 is 28.4 Å². The van der Waals surface area contributed by atoms with Crippen molar-refractivity contribution in [2.45, 2.75) is 33.4 Å². The van der Waals surface area contributed by atoms with Crippen LogP contribution >= 0.6 is 0 Å². The number of hydrogen-bond acceptors (Lipinski definition) is 8. The normalized spacial score (nSPS) is 11.6. The lowest BCUT2D eigenvalue weighted by Crippen LogP contribution is -2.45. The Kier molecular flexibility index (Phi) is 7.08. The van der Waals surface area contributed by atoms with Crippen molar-refractivity contribution in [2.24, 2.45) is 5.92 Å². The molecule has 2 aromatic rings. The molecule has 0 radical (unpaired) electrons. The molecule has 1 heterocycles. The molecule has 0 spiro atoms. The monoisotopic (exact) mass is 390 g/mol. The van der Waals surface area contributed by atoms with E-state index in [2.05, 4.69) is 25.5 Å². The maximum Gasteiger partial charge on any atom is 0.328 e. The molecule has 10 heteroatoms. The first-order valence-corrected chi connectivity index (χ1v) is 8.52. The maximum atomic E-state index is 12.2. The number of nitrogens with one attached hydrogen (secondary N) is 2. The number of esters is 1. The number of carbonyl (C=O) groups excluding carboxylic acids is 3. The molecule has 2 rings (SSSR count). The highest BCUT2D eigenvalue weighted by Gasteiger charge is 2.27. The number of ether oxygens (including phenoxy) is 2. The Morgan fingerprint density at radius 2 is 1.93 bits per heavy atom. The lowest BCUT2D eigenvalue weighted by molar-refractivity contribution is -0.144. The number of hydrogen-bond donors (Lipinski definition) is 2. The Hall–Kier alpha value is -3.43. The Morgan fingerprint density at radius 3 is 2.57 bits per heavy atom. The molecule has 0 bridgehead atoms. The van der Waals surface area contributed by atoms with Gasteiger partial charge in [-0.25, -0.2) is 4.79 Å². The van der Waals surface area contributed by atoms with Gasteiger partial charge in [0.25, 0.3) is 0 Å². The molecule has 2 amide bonds. The molecule has 0 aliphatic rings. The van der Waals surface area contributed by atoms with Crippen molar-refractivity contribution >= 4 is 23.5 Å². The van der Waals surface area contributed by atoms with Crippen LogP contribution in [0.4, 0.5) is 5.69 Å². The Morgan fingerprint density at radius 1 is 1.21 bits per heavy atom. The smallest absolute Gasteiger partial charge is 0.328 e. The van der Waals surface area contributed by atoms with E-state index in [-0.39, 0.29) is 30.1 Å². The van der Waals surface area contributed by atoms with Gasteiger partial charge in [-0.3, -0.25) is 9.59 Å². The van der Waals surface area contributed by atoms with Gasteiger partial charge < -0.3 is 24.6 Å². The fourth-order valence-corrected chi connectivity index (χ4v) is 2.26. The SMILES string of the molecule is COC(=O)[C@@H](NC(=O)c1nc(COc2ccccc2NC(C)=O)no1)C(C)C. The van der Waals surface area contributed by atoms with Crippen LogP contribution in [-0.2, 0) is 20.9 Å². The van der Waals surface area contributed by atoms with Crippen molar-refractivity contribution in [1.29, 1.82) is 0 Å². The highest BCUT2D eigenvalue weighted by Crippen LogP contribution is 2.24. The third kappa shape index (κ3) is 5.53. The second kappa shape index (κ2) is 9.49. The van der Waals surface area contributed by atoms with Gasteiger partial charge in [0, 0.05) is 6.92 Å². The molecule has 0 saturated carbocycles. The topological polar surface area (TPSA) is 133 Å². The molecule has 1 aromatic heterocycles. The van der Waals surface area contributed by atoms with Crippen LogP contribution in [0.25, 0.3) is 0 Å². The van der Waals surface area contributed by atoms with Gasteiger partial charge in [0.05, 0.1) is 12.8 Å². The second-order valence-electron chi connectivity index (χ2n) is 6.20. The van der Waals surface area contributed by atoms with Crippen molar-refractivity contribution in [3.63, 3.8) is 0 Å². The van der Waals surface area contributed by atoms with Gasteiger partial charge in [0.15, 0.2) is 6.61 Å². The molecule has 10 nitrogen and oxygen atoms in total. The molecule has 28 heavy (non-hydrogen) atoms. The largest absolute Gasteiger partial charge is 0.483 e. The number of amides is 2. The van der Waals surface area contributed by atoms with E-state index in [0.29, 0.717) is 11.4 Å². The van der Waals surface area contributed by atoms with Gasteiger partial charge in [-0.2, -0.15) is 4.98 Å². The minimum atomic E-state index is -0.839. The van der Waals surface area contributed by atoms with Crippen LogP contribution < -0.4 is 15.4 Å². The summed E-state index contributed by atoms with van der Waals surface area (Å²) in [5.74, 6) is -1.45. The summed E-state index contributed by atoms with van der Waals surface area (Å²) >= 11 is 0. The standard InChI is InChI=1S/C18H22N4O6/c1-10(2)15(18(25)26-4)21-16(24)17-20-14(22-28-17)9-27-13-8-6-5-7-12(13)19-11(3)23/h5-8,10,15H,9H2,1-4H3,(H,19,23)(H,21,24)/t15-/m0/s1. The van der Waals surface area contributed by atoms with Gasteiger partial charge in [-0.15, -0.1) is 0 Å². The van der Waals surface area contributed by atoms with E-state index >= 15 is 0 Å². The molecule has 1 aromatic carbocycles. The zero-order chi connectivity index (χ0) is 20.7. The van der Waals surface area contributed by atoms with Crippen molar-refractivity contribution in [1.82, 2.24) is 15.5 Å². The average molecular weight is 390 g/mol. The minimum absolute atomic E-state index is 0.0853. The molecule has 2 N–H and O–H groups in total. The number of anilines is 1. The summed E-state index contributed by atoms with van der Waals surface area (Å²) in [5.41, 5.74) is 0.495. The van der Waals surface area contributed by atoms with Crippen molar-refractivity contribution in [3.8, 4) is 5.75 Å². The summed E-state index contributed by atoms with van der Waals surface area (Å²) in [6.45, 7) is 4.83. The number of para-hydroxylation sites is 2. The molecule has 0 fully saturated rings. The highest BCUT2D eigenvalue weighted by molar-refractivity contribution is 5.93. The quantitative estimate of drug-likeness (QED) is 0.649. The number of methoxy groups -OCH3 is 1. The Balaban J connectivity index is 2.02. The zero-order valence-electron chi connectivity index (χ0n) is 16.0. The van der Waals surface area contributed by atoms with Crippen LogP contribution in [-0.4, -0.2) is 41.1 Å². The second-order valence-corrected chi connectivity index (χ2v) is 6.20. The van der Waals surface area contributed by atoms with Gasteiger partial charge in [-0.05, 0) is 18.1 Å². The highest BCUT2D eigenvalue weighted by atomic mass is 16.5.